The molecule has 3 aromatic rings. The van der Waals surface area contributed by atoms with Crippen LogP contribution in [-0.2, 0) is 29.0 Å². The van der Waals surface area contributed by atoms with Gasteiger partial charge in [0.2, 0.25) is 5.91 Å². The third kappa shape index (κ3) is 5.08. The molecule has 0 saturated carbocycles. The van der Waals surface area contributed by atoms with E-state index in [1.807, 2.05) is 24.3 Å². The van der Waals surface area contributed by atoms with E-state index < -0.39 is 0 Å². The number of nitrogens with one attached hydrogen (secondary N) is 1. The molecule has 1 aliphatic heterocycles. The molecular formula is C23H24ClN3O3. The van der Waals surface area contributed by atoms with Crippen LogP contribution in [0, 0.1) is 0 Å². The predicted molar refractivity (Wildman–Crippen MR) is 117 cm³/mol. The van der Waals surface area contributed by atoms with Crippen molar-refractivity contribution in [2.45, 2.75) is 19.5 Å². The molecule has 2 heterocycles. The topological polar surface area (TPSA) is 74.7 Å². The number of phenols is 1. The summed E-state index contributed by atoms with van der Waals surface area (Å²) in [4.78, 5) is 19.2. The molecule has 1 aliphatic rings. The van der Waals surface area contributed by atoms with Crippen LogP contribution in [0.5, 0.6) is 5.75 Å². The van der Waals surface area contributed by atoms with Gasteiger partial charge in [-0.1, -0.05) is 35.9 Å². The largest absolute Gasteiger partial charge is 0.507 e. The molecule has 156 valence electrons. The number of halogens is 1. The van der Waals surface area contributed by atoms with Crippen LogP contribution < -0.4 is 5.32 Å². The fourth-order valence-corrected chi connectivity index (χ4v) is 3.67. The van der Waals surface area contributed by atoms with Gasteiger partial charge in [-0.15, -0.1) is 0 Å². The van der Waals surface area contributed by atoms with Gasteiger partial charge in [-0.25, -0.2) is 0 Å². The molecular weight excluding hydrogens is 402 g/mol. The molecule has 0 bridgehead atoms. The molecule has 0 aliphatic carbocycles. The third-order valence-electron chi connectivity index (χ3n) is 5.26. The Kier molecular flexibility index (Phi) is 6.47. The molecule has 4 rings (SSSR count). The molecule has 1 fully saturated rings. The van der Waals surface area contributed by atoms with Crippen LogP contribution in [0.15, 0.2) is 48.7 Å². The van der Waals surface area contributed by atoms with E-state index in [4.69, 9.17) is 16.3 Å². The Morgan fingerprint density at radius 2 is 1.93 bits per heavy atom. The van der Waals surface area contributed by atoms with E-state index in [9.17, 15) is 9.90 Å². The van der Waals surface area contributed by atoms with Crippen molar-refractivity contribution in [3.05, 3.63) is 70.5 Å². The summed E-state index contributed by atoms with van der Waals surface area (Å²) in [7, 11) is 0. The van der Waals surface area contributed by atoms with Crippen molar-refractivity contribution in [3.8, 4) is 5.75 Å². The van der Waals surface area contributed by atoms with Crippen LogP contribution in [-0.4, -0.2) is 47.2 Å². The molecule has 0 atom stereocenters. The number of pyridine rings is 1. The van der Waals surface area contributed by atoms with Crippen LogP contribution in [0.1, 0.15) is 16.8 Å². The number of aromatic nitrogens is 1. The monoisotopic (exact) mass is 425 g/mol. The number of carbonyl (C=O) groups excluding carboxylic acids is 1. The van der Waals surface area contributed by atoms with Gasteiger partial charge in [-0.05, 0) is 23.8 Å². The van der Waals surface area contributed by atoms with Gasteiger partial charge < -0.3 is 15.2 Å². The second-order valence-corrected chi connectivity index (χ2v) is 7.87. The Bertz CT molecular complexity index is 1030. The molecule has 2 aromatic carbocycles. The lowest BCUT2D eigenvalue weighted by Gasteiger charge is -2.26. The number of rotatable bonds is 6. The molecule has 1 amide bonds. The van der Waals surface area contributed by atoms with E-state index in [1.54, 1.807) is 24.4 Å². The Morgan fingerprint density at radius 3 is 2.70 bits per heavy atom. The van der Waals surface area contributed by atoms with Crippen LogP contribution in [0.4, 0.5) is 0 Å². The minimum Gasteiger partial charge on any atom is -0.507 e. The standard InChI is InChI=1S/C23H24ClN3O3/c24-19-5-1-16(2-6-19)13-26-22(28)11-17-3-4-18-14-25-20(12-21(18)23(17)29)15-27-7-9-30-10-8-27/h1-6,12,14,29H,7-11,13,15H2,(H,26,28). The summed E-state index contributed by atoms with van der Waals surface area (Å²) >= 11 is 5.88. The van der Waals surface area contributed by atoms with E-state index in [-0.39, 0.29) is 18.1 Å². The average Bonchev–Trinajstić information content (AvgIpc) is 2.76. The number of hydrogen-bond donors (Lipinski definition) is 2. The van der Waals surface area contributed by atoms with Crippen molar-refractivity contribution in [3.63, 3.8) is 0 Å². The first kappa shape index (κ1) is 20.6. The zero-order chi connectivity index (χ0) is 20.9. The average molecular weight is 426 g/mol. The van der Waals surface area contributed by atoms with E-state index in [2.05, 4.69) is 15.2 Å². The fourth-order valence-electron chi connectivity index (χ4n) is 3.55. The van der Waals surface area contributed by atoms with Gasteiger partial charge in [0.05, 0.1) is 25.3 Å². The first-order valence-electron chi connectivity index (χ1n) is 9.99. The maximum absolute atomic E-state index is 12.4. The minimum absolute atomic E-state index is 0.108. The van der Waals surface area contributed by atoms with Crippen molar-refractivity contribution < 1.29 is 14.6 Å². The summed E-state index contributed by atoms with van der Waals surface area (Å²) in [5.41, 5.74) is 2.46. The molecule has 0 radical (unpaired) electrons. The lowest BCUT2D eigenvalue weighted by Crippen LogP contribution is -2.35. The van der Waals surface area contributed by atoms with Crippen LogP contribution in [0.25, 0.3) is 10.8 Å². The number of fused-ring (bicyclic) bond motifs is 1. The maximum Gasteiger partial charge on any atom is 0.224 e. The first-order valence-corrected chi connectivity index (χ1v) is 10.4. The van der Waals surface area contributed by atoms with E-state index >= 15 is 0 Å². The third-order valence-corrected chi connectivity index (χ3v) is 5.51. The summed E-state index contributed by atoms with van der Waals surface area (Å²) in [5, 5.41) is 15.9. The van der Waals surface area contributed by atoms with Gasteiger partial charge in [0, 0.05) is 53.7 Å². The number of carbonyl (C=O) groups is 1. The zero-order valence-electron chi connectivity index (χ0n) is 16.6. The zero-order valence-corrected chi connectivity index (χ0v) is 17.4. The normalized spacial score (nSPS) is 14.7. The molecule has 6 nitrogen and oxygen atoms in total. The van der Waals surface area contributed by atoms with Crippen molar-refractivity contribution in [2.75, 3.05) is 26.3 Å². The molecule has 0 spiro atoms. The molecule has 7 heteroatoms. The summed E-state index contributed by atoms with van der Waals surface area (Å²) in [5.74, 6) is -0.0121. The van der Waals surface area contributed by atoms with E-state index in [0.29, 0.717) is 23.7 Å². The molecule has 30 heavy (non-hydrogen) atoms. The lowest BCUT2D eigenvalue weighted by molar-refractivity contribution is -0.120. The SMILES string of the molecule is O=C(Cc1ccc2cnc(CN3CCOCC3)cc2c1O)NCc1ccc(Cl)cc1. The maximum atomic E-state index is 12.4. The van der Waals surface area contributed by atoms with Crippen molar-refractivity contribution in [1.82, 2.24) is 15.2 Å². The number of amides is 1. The lowest BCUT2D eigenvalue weighted by atomic mass is 10.0. The predicted octanol–water partition coefficient (Wildman–Crippen LogP) is 3.28. The Labute approximate surface area is 180 Å². The molecule has 0 unspecified atom stereocenters. The second kappa shape index (κ2) is 9.43. The van der Waals surface area contributed by atoms with Gasteiger partial charge in [0.15, 0.2) is 0 Å². The number of nitrogens with zero attached hydrogens (tertiary/aromatic N) is 2. The molecule has 2 N–H and O–H groups in total. The highest BCUT2D eigenvalue weighted by molar-refractivity contribution is 6.30. The summed E-state index contributed by atoms with van der Waals surface area (Å²) < 4.78 is 5.39. The Balaban J connectivity index is 1.44. The number of morpholine rings is 1. The van der Waals surface area contributed by atoms with E-state index in [0.717, 1.165) is 48.3 Å². The minimum atomic E-state index is -0.151. The summed E-state index contributed by atoms with van der Waals surface area (Å²) in [6.45, 7) is 4.34. The Hall–Kier alpha value is -2.67. The quantitative estimate of drug-likeness (QED) is 0.634. The number of hydrogen-bond acceptors (Lipinski definition) is 5. The summed E-state index contributed by atoms with van der Waals surface area (Å²) in [6, 6.07) is 12.9. The number of phenolic OH excluding ortho intramolecular Hbond substituents is 1. The van der Waals surface area contributed by atoms with Gasteiger partial charge in [0.25, 0.3) is 0 Å². The van der Waals surface area contributed by atoms with Gasteiger partial charge >= 0.3 is 0 Å². The molecule has 1 saturated heterocycles. The second-order valence-electron chi connectivity index (χ2n) is 7.44. The highest BCUT2D eigenvalue weighted by atomic mass is 35.5. The van der Waals surface area contributed by atoms with Crippen LogP contribution in [0.3, 0.4) is 0 Å². The van der Waals surface area contributed by atoms with Crippen LogP contribution in [0.2, 0.25) is 5.02 Å². The highest BCUT2D eigenvalue weighted by Gasteiger charge is 2.14. The number of aromatic hydroxyl groups is 1. The smallest absolute Gasteiger partial charge is 0.224 e. The van der Waals surface area contributed by atoms with Crippen molar-refractivity contribution in [2.24, 2.45) is 0 Å². The Morgan fingerprint density at radius 1 is 1.17 bits per heavy atom. The van der Waals surface area contributed by atoms with Gasteiger partial charge in [-0.2, -0.15) is 0 Å². The highest BCUT2D eigenvalue weighted by Crippen LogP contribution is 2.29. The fraction of sp³-hybridized carbons (Fsp3) is 0.304. The van der Waals surface area contributed by atoms with Gasteiger partial charge in [0.1, 0.15) is 5.75 Å². The van der Waals surface area contributed by atoms with Crippen LogP contribution >= 0.6 is 11.6 Å². The first-order chi connectivity index (χ1) is 14.6. The van der Waals surface area contributed by atoms with Crippen molar-refractivity contribution in [1.29, 1.82) is 0 Å². The van der Waals surface area contributed by atoms with Gasteiger partial charge in [-0.3, -0.25) is 14.7 Å². The van der Waals surface area contributed by atoms with E-state index in [1.165, 1.54) is 0 Å². The number of benzene rings is 2. The van der Waals surface area contributed by atoms with Crippen molar-refractivity contribution >= 4 is 28.3 Å². The number of ether oxygens (including phenoxy) is 1. The summed E-state index contributed by atoms with van der Waals surface area (Å²) in [6.07, 6.45) is 1.88. The molecule has 1 aromatic heterocycles.